The van der Waals surface area contributed by atoms with Crippen molar-refractivity contribution in [3.8, 4) is 0 Å². The minimum absolute atomic E-state index is 0.0584. The molecule has 38 heavy (non-hydrogen) atoms. The molecule has 3 N–H and O–H groups in total. The molecule has 2 aliphatic heterocycles. The van der Waals surface area contributed by atoms with E-state index in [2.05, 4.69) is 28.0 Å². The number of hydrogen-bond donors (Lipinski definition) is 3. The quantitative estimate of drug-likeness (QED) is 0.446. The first-order valence-corrected chi connectivity index (χ1v) is 15.2. The molecule has 0 spiro atoms. The molecular formula is C26H35N5O5S2. The Hall–Kier alpha value is -2.80. The number of thiophene rings is 1. The molecule has 2 aliphatic rings. The van der Waals surface area contributed by atoms with Gasteiger partial charge in [-0.25, -0.2) is 8.42 Å². The van der Waals surface area contributed by atoms with Crippen LogP contribution in [-0.2, 0) is 27.8 Å². The molecule has 0 aliphatic carbocycles. The standard InChI is InChI=1S/C26H35N5O5S2/c1-4-13-30-15-12-21-22(16-30)37-26(23(21)25(34)29-28-18(3)32)27-24(33)19-8-10-20(11-9-19)38(35,36)31-14-6-5-7-17(31)2/h8-11,17H,4-7,12-16H2,1-3H3,(H,27,33)(H,28,32)(H,29,34). The van der Waals surface area contributed by atoms with Gasteiger partial charge in [-0.2, -0.15) is 4.31 Å². The summed E-state index contributed by atoms with van der Waals surface area (Å²) >= 11 is 1.35. The smallest absolute Gasteiger partial charge is 0.272 e. The topological polar surface area (TPSA) is 128 Å². The van der Waals surface area contributed by atoms with Gasteiger partial charge in [-0.1, -0.05) is 13.3 Å². The molecule has 12 heteroatoms. The van der Waals surface area contributed by atoms with Gasteiger partial charge in [0, 0.05) is 43.0 Å². The molecule has 1 aromatic carbocycles. The van der Waals surface area contributed by atoms with E-state index in [0.29, 0.717) is 30.1 Å². The van der Waals surface area contributed by atoms with Gasteiger partial charge in [-0.15, -0.1) is 11.3 Å². The van der Waals surface area contributed by atoms with Crippen molar-refractivity contribution < 1.29 is 22.8 Å². The number of hydrazine groups is 1. The molecule has 1 atom stereocenters. The Bertz CT molecular complexity index is 1310. The molecule has 0 saturated carbocycles. The minimum atomic E-state index is -3.64. The molecule has 1 unspecified atom stereocenters. The molecule has 206 valence electrons. The summed E-state index contributed by atoms with van der Waals surface area (Å²) in [5.41, 5.74) is 6.23. The van der Waals surface area contributed by atoms with E-state index in [1.165, 1.54) is 46.8 Å². The number of rotatable bonds is 7. The Kier molecular flexibility index (Phi) is 8.86. The lowest BCUT2D eigenvalue weighted by Crippen LogP contribution is -2.41. The van der Waals surface area contributed by atoms with Crippen LogP contribution in [0.15, 0.2) is 29.2 Å². The van der Waals surface area contributed by atoms with Crippen molar-refractivity contribution in [2.75, 3.05) is 25.0 Å². The third-order valence-corrected chi connectivity index (χ3v) is 10.1. The number of sulfonamides is 1. The summed E-state index contributed by atoms with van der Waals surface area (Å²) in [6.07, 6.45) is 4.36. The Morgan fingerprint density at radius 2 is 1.79 bits per heavy atom. The monoisotopic (exact) mass is 561 g/mol. The van der Waals surface area contributed by atoms with E-state index in [1.54, 1.807) is 0 Å². The van der Waals surface area contributed by atoms with Crippen LogP contribution in [0.1, 0.15) is 77.6 Å². The van der Waals surface area contributed by atoms with E-state index < -0.39 is 27.7 Å². The largest absolute Gasteiger partial charge is 0.313 e. The first-order valence-electron chi connectivity index (χ1n) is 13.0. The van der Waals surface area contributed by atoms with Crippen LogP contribution in [0.3, 0.4) is 0 Å². The maximum Gasteiger partial charge on any atom is 0.272 e. The number of hydrogen-bond acceptors (Lipinski definition) is 7. The first-order chi connectivity index (χ1) is 18.1. The Morgan fingerprint density at radius 1 is 1.05 bits per heavy atom. The number of carbonyl (C=O) groups is 3. The molecule has 3 amide bonds. The third kappa shape index (κ3) is 6.09. The van der Waals surface area contributed by atoms with Gasteiger partial charge in [0.1, 0.15) is 5.00 Å². The zero-order valence-electron chi connectivity index (χ0n) is 22.0. The second-order valence-corrected chi connectivity index (χ2v) is 12.8. The second-order valence-electron chi connectivity index (χ2n) is 9.81. The fraction of sp³-hybridized carbons (Fsp3) is 0.500. The van der Waals surface area contributed by atoms with Crippen LogP contribution in [0.2, 0.25) is 0 Å². The second kappa shape index (κ2) is 11.9. The van der Waals surface area contributed by atoms with Crippen LogP contribution >= 0.6 is 11.3 Å². The molecule has 1 saturated heterocycles. The van der Waals surface area contributed by atoms with Gasteiger partial charge >= 0.3 is 0 Å². The van der Waals surface area contributed by atoms with Crippen molar-refractivity contribution in [2.24, 2.45) is 0 Å². The molecule has 1 fully saturated rings. The summed E-state index contributed by atoms with van der Waals surface area (Å²) < 4.78 is 27.8. The zero-order valence-corrected chi connectivity index (χ0v) is 23.6. The zero-order chi connectivity index (χ0) is 27.4. The molecule has 10 nitrogen and oxygen atoms in total. The highest BCUT2D eigenvalue weighted by atomic mass is 32.2. The molecule has 0 bridgehead atoms. The average Bonchev–Trinajstić information content (AvgIpc) is 3.24. The number of piperidine rings is 1. The molecular weight excluding hydrogens is 526 g/mol. The Morgan fingerprint density at radius 3 is 2.45 bits per heavy atom. The van der Waals surface area contributed by atoms with Crippen LogP contribution in [0.4, 0.5) is 5.00 Å². The van der Waals surface area contributed by atoms with E-state index in [0.717, 1.165) is 49.2 Å². The van der Waals surface area contributed by atoms with Gasteiger partial charge in [0.25, 0.3) is 11.8 Å². The third-order valence-electron chi connectivity index (χ3n) is 6.95. The van der Waals surface area contributed by atoms with Gasteiger partial charge in [-0.3, -0.25) is 30.1 Å². The van der Waals surface area contributed by atoms with Gasteiger partial charge in [0.15, 0.2) is 0 Å². The predicted molar refractivity (Wildman–Crippen MR) is 146 cm³/mol. The first kappa shape index (κ1) is 28.2. The highest BCUT2D eigenvalue weighted by Gasteiger charge is 2.32. The number of nitrogens with zero attached hydrogens (tertiary/aromatic N) is 2. The Balaban J connectivity index is 1.56. The Labute approximate surface area is 227 Å². The van der Waals surface area contributed by atoms with Crippen LogP contribution in [0.5, 0.6) is 0 Å². The van der Waals surface area contributed by atoms with E-state index in [4.69, 9.17) is 0 Å². The predicted octanol–water partition coefficient (Wildman–Crippen LogP) is 3.11. The van der Waals surface area contributed by atoms with Crippen LogP contribution < -0.4 is 16.2 Å². The van der Waals surface area contributed by atoms with Gasteiger partial charge in [0.05, 0.1) is 10.5 Å². The van der Waals surface area contributed by atoms with Crippen molar-refractivity contribution in [3.05, 3.63) is 45.8 Å². The van der Waals surface area contributed by atoms with Crippen molar-refractivity contribution in [3.63, 3.8) is 0 Å². The molecule has 4 rings (SSSR count). The lowest BCUT2D eigenvalue weighted by atomic mass is 10.0. The highest BCUT2D eigenvalue weighted by molar-refractivity contribution is 7.89. The van der Waals surface area contributed by atoms with Crippen LogP contribution in [0, 0.1) is 0 Å². The number of anilines is 1. The average molecular weight is 562 g/mol. The maximum atomic E-state index is 13.2. The summed E-state index contributed by atoms with van der Waals surface area (Å²) in [6, 6.07) is 5.84. The van der Waals surface area contributed by atoms with Gasteiger partial charge in [0.2, 0.25) is 15.9 Å². The summed E-state index contributed by atoms with van der Waals surface area (Å²) in [4.78, 5) is 41.0. The van der Waals surface area contributed by atoms with Crippen LogP contribution in [0.25, 0.3) is 0 Å². The lowest BCUT2D eigenvalue weighted by Gasteiger charge is -2.32. The van der Waals surface area contributed by atoms with E-state index in [-0.39, 0.29) is 16.5 Å². The van der Waals surface area contributed by atoms with Crippen molar-refractivity contribution in [2.45, 2.75) is 70.4 Å². The molecule has 2 aromatic rings. The highest BCUT2D eigenvalue weighted by Crippen LogP contribution is 2.37. The van der Waals surface area contributed by atoms with Crippen molar-refractivity contribution in [1.82, 2.24) is 20.1 Å². The van der Waals surface area contributed by atoms with Crippen molar-refractivity contribution >= 4 is 44.1 Å². The molecule has 0 radical (unpaired) electrons. The fourth-order valence-corrected chi connectivity index (χ4v) is 8.00. The van der Waals surface area contributed by atoms with Crippen LogP contribution in [-0.4, -0.2) is 61.0 Å². The van der Waals surface area contributed by atoms with Gasteiger partial charge < -0.3 is 5.32 Å². The van der Waals surface area contributed by atoms with E-state index in [9.17, 15) is 22.8 Å². The van der Waals surface area contributed by atoms with Crippen molar-refractivity contribution in [1.29, 1.82) is 0 Å². The summed E-state index contributed by atoms with van der Waals surface area (Å²) in [6.45, 7) is 8.25. The number of benzene rings is 1. The summed E-state index contributed by atoms with van der Waals surface area (Å²) in [7, 11) is -3.64. The number of carbonyl (C=O) groups excluding carboxylic acids is 3. The lowest BCUT2D eigenvalue weighted by molar-refractivity contribution is -0.119. The summed E-state index contributed by atoms with van der Waals surface area (Å²) in [5.74, 6) is -1.34. The number of nitrogens with one attached hydrogen (secondary N) is 3. The fourth-order valence-electron chi connectivity index (χ4n) is 5.02. The molecule has 3 heterocycles. The molecule has 1 aromatic heterocycles. The maximum absolute atomic E-state index is 13.2. The van der Waals surface area contributed by atoms with E-state index >= 15 is 0 Å². The number of fused-ring (bicyclic) bond motifs is 1. The summed E-state index contributed by atoms with van der Waals surface area (Å²) in [5, 5.41) is 3.26. The van der Waals surface area contributed by atoms with E-state index in [1.807, 2.05) is 6.92 Å². The van der Waals surface area contributed by atoms with Gasteiger partial charge in [-0.05, 0) is 69.0 Å². The normalized spacial score (nSPS) is 18.4. The minimum Gasteiger partial charge on any atom is -0.313 e. The SMILES string of the molecule is CCCN1CCc2c(sc(NC(=O)c3ccc(S(=O)(=O)N4CCCCC4C)cc3)c2C(=O)NNC(C)=O)C1. The number of amides is 3.